The first-order valence-corrected chi connectivity index (χ1v) is 8.48. The van der Waals surface area contributed by atoms with Crippen molar-refractivity contribution in [3.63, 3.8) is 0 Å². The quantitative estimate of drug-likeness (QED) is 0.719. The largest absolute Gasteiger partial charge is 0.478 e. The zero-order valence-corrected chi connectivity index (χ0v) is 12.2. The number of rotatable bonds is 8. The third-order valence-corrected chi connectivity index (χ3v) is 5.78. The molecule has 0 aliphatic carbocycles. The first kappa shape index (κ1) is 15.2. The Kier molecular flexibility index (Phi) is 6.97. The average Bonchev–Trinajstić information content (AvgIpc) is 2.39. The van der Waals surface area contributed by atoms with Crippen LogP contribution in [0.2, 0.25) is 0 Å². The van der Waals surface area contributed by atoms with Gasteiger partial charge in [0.05, 0.1) is 5.56 Å². The molecule has 3 heteroatoms. The van der Waals surface area contributed by atoms with Crippen molar-refractivity contribution >= 4 is 19.2 Å². The lowest BCUT2D eigenvalue weighted by molar-refractivity contribution is 0.0697. The van der Waals surface area contributed by atoms with Crippen LogP contribution in [0, 0.1) is 0 Å². The monoisotopic (exact) mass is 266 g/mol. The minimum atomic E-state index is -0.840. The summed E-state index contributed by atoms with van der Waals surface area (Å²) in [6.45, 7) is 4.45. The summed E-state index contributed by atoms with van der Waals surface area (Å²) in [6, 6.07) is 7.51. The smallest absolute Gasteiger partial charge is 0.335 e. The minimum absolute atomic E-state index is 0.0921. The van der Waals surface area contributed by atoms with Crippen molar-refractivity contribution in [3.8, 4) is 0 Å². The zero-order valence-electron chi connectivity index (χ0n) is 11.4. The minimum Gasteiger partial charge on any atom is -0.478 e. The van der Waals surface area contributed by atoms with Gasteiger partial charge in [-0.25, -0.2) is 4.79 Å². The molecular formula is C15H23O2P. The number of hydrogen-bond acceptors (Lipinski definition) is 1. The first-order valence-electron chi connectivity index (χ1n) is 6.77. The molecular weight excluding hydrogens is 243 g/mol. The van der Waals surface area contributed by atoms with Crippen molar-refractivity contribution in [2.24, 2.45) is 0 Å². The molecule has 0 aromatic heterocycles. The van der Waals surface area contributed by atoms with Crippen LogP contribution in [-0.2, 0) is 0 Å². The van der Waals surface area contributed by atoms with E-state index < -0.39 is 5.97 Å². The molecule has 2 nitrogen and oxygen atoms in total. The molecule has 1 N–H and O–H groups in total. The van der Waals surface area contributed by atoms with Crippen LogP contribution in [0.25, 0.3) is 0 Å². The summed E-state index contributed by atoms with van der Waals surface area (Å²) in [5.41, 5.74) is 0.389. The van der Waals surface area contributed by atoms with Crippen molar-refractivity contribution < 1.29 is 9.90 Å². The van der Waals surface area contributed by atoms with Crippen LogP contribution in [0.1, 0.15) is 49.9 Å². The lowest BCUT2D eigenvalue weighted by Crippen LogP contribution is -2.08. The number of aromatic carboxylic acids is 1. The molecule has 1 rings (SSSR count). The van der Waals surface area contributed by atoms with E-state index in [0.717, 1.165) is 0 Å². The summed E-state index contributed by atoms with van der Waals surface area (Å²) >= 11 is 0. The van der Waals surface area contributed by atoms with Gasteiger partial charge in [-0.1, -0.05) is 46.7 Å². The highest BCUT2D eigenvalue weighted by atomic mass is 31.1. The van der Waals surface area contributed by atoms with Crippen molar-refractivity contribution in [3.05, 3.63) is 29.8 Å². The highest BCUT2D eigenvalue weighted by Gasteiger charge is 2.11. The molecule has 0 saturated carbocycles. The Bertz CT molecular complexity index is 351. The molecule has 100 valence electrons. The molecule has 0 spiro atoms. The van der Waals surface area contributed by atoms with E-state index in [2.05, 4.69) is 13.8 Å². The van der Waals surface area contributed by atoms with E-state index in [-0.39, 0.29) is 7.92 Å². The Balaban J connectivity index is 2.73. The molecule has 0 aliphatic rings. The normalized spacial score (nSPS) is 10.8. The fourth-order valence-electron chi connectivity index (χ4n) is 1.88. The van der Waals surface area contributed by atoms with Gasteiger partial charge in [0.2, 0.25) is 0 Å². The highest BCUT2D eigenvalue weighted by molar-refractivity contribution is 7.65. The number of carbonyl (C=O) groups is 1. The van der Waals surface area contributed by atoms with Gasteiger partial charge in [0, 0.05) is 0 Å². The Morgan fingerprint density at radius 3 is 1.94 bits per heavy atom. The standard InChI is InChI=1S/C15H23O2P/c1-3-5-11-18(12-6-4-2)14-9-7-13(8-10-14)15(16)17/h7-10H,3-6,11-12H2,1-2H3,(H,16,17). The number of carboxylic acids is 1. The summed E-state index contributed by atoms with van der Waals surface area (Å²) in [7, 11) is -0.0921. The van der Waals surface area contributed by atoms with E-state index >= 15 is 0 Å². The maximum atomic E-state index is 10.8. The molecule has 1 aromatic carbocycles. The van der Waals surface area contributed by atoms with Crippen molar-refractivity contribution in [2.75, 3.05) is 12.3 Å². The van der Waals surface area contributed by atoms with Crippen molar-refractivity contribution in [2.45, 2.75) is 39.5 Å². The Morgan fingerprint density at radius 2 is 1.56 bits per heavy atom. The third-order valence-electron chi connectivity index (χ3n) is 3.04. The van der Waals surface area contributed by atoms with E-state index in [0.29, 0.717) is 5.56 Å². The number of hydrogen-bond donors (Lipinski definition) is 1. The van der Waals surface area contributed by atoms with E-state index in [1.54, 1.807) is 12.1 Å². The highest BCUT2D eigenvalue weighted by Crippen LogP contribution is 2.36. The summed E-state index contributed by atoms with van der Waals surface area (Å²) in [6.07, 6.45) is 7.57. The summed E-state index contributed by atoms with van der Waals surface area (Å²) < 4.78 is 0. The number of benzene rings is 1. The molecule has 0 fully saturated rings. The van der Waals surface area contributed by atoms with Gasteiger partial charge in [-0.2, -0.15) is 0 Å². The van der Waals surface area contributed by atoms with Gasteiger partial charge in [0.1, 0.15) is 0 Å². The van der Waals surface area contributed by atoms with Gasteiger partial charge < -0.3 is 5.11 Å². The predicted octanol–water partition coefficient (Wildman–Crippen LogP) is 4.09. The van der Waals surface area contributed by atoms with Gasteiger partial charge in [0.15, 0.2) is 0 Å². The van der Waals surface area contributed by atoms with Crippen molar-refractivity contribution in [1.82, 2.24) is 0 Å². The second-order valence-electron chi connectivity index (χ2n) is 4.55. The molecule has 0 amide bonds. The predicted molar refractivity (Wildman–Crippen MR) is 79.5 cm³/mol. The van der Waals surface area contributed by atoms with E-state index in [9.17, 15) is 4.79 Å². The first-order chi connectivity index (χ1) is 8.69. The molecule has 0 atom stereocenters. The number of unbranched alkanes of at least 4 members (excludes halogenated alkanes) is 2. The van der Waals surface area contributed by atoms with Crippen molar-refractivity contribution in [1.29, 1.82) is 0 Å². The van der Waals surface area contributed by atoms with Crippen LogP contribution in [0.4, 0.5) is 0 Å². The van der Waals surface area contributed by atoms with E-state index in [1.165, 1.54) is 43.3 Å². The lowest BCUT2D eigenvalue weighted by atomic mass is 10.2. The molecule has 1 aromatic rings. The summed E-state index contributed by atoms with van der Waals surface area (Å²) in [5.74, 6) is -0.840. The van der Waals surface area contributed by atoms with E-state index in [4.69, 9.17) is 5.11 Å². The van der Waals surface area contributed by atoms with Crippen LogP contribution in [0.15, 0.2) is 24.3 Å². The average molecular weight is 266 g/mol. The second-order valence-corrected chi connectivity index (χ2v) is 7.04. The van der Waals surface area contributed by atoms with Gasteiger partial charge in [0.25, 0.3) is 0 Å². The molecule has 0 heterocycles. The fraction of sp³-hybridized carbons (Fsp3) is 0.533. The maximum Gasteiger partial charge on any atom is 0.335 e. The van der Waals surface area contributed by atoms with Crippen LogP contribution in [0.3, 0.4) is 0 Å². The lowest BCUT2D eigenvalue weighted by Gasteiger charge is -2.17. The third kappa shape index (κ3) is 4.78. The van der Waals surface area contributed by atoms with Crippen LogP contribution >= 0.6 is 7.92 Å². The molecule has 0 saturated heterocycles. The van der Waals surface area contributed by atoms with Gasteiger partial charge in [-0.3, -0.25) is 0 Å². The molecule has 0 aliphatic heterocycles. The van der Waals surface area contributed by atoms with Gasteiger partial charge in [-0.15, -0.1) is 0 Å². The topological polar surface area (TPSA) is 37.3 Å². The molecule has 0 radical (unpaired) electrons. The van der Waals surface area contributed by atoms with Gasteiger partial charge in [-0.05, 0) is 42.6 Å². The van der Waals surface area contributed by atoms with Crippen LogP contribution in [-0.4, -0.2) is 23.4 Å². The maximum absolute atomic E-state index is 10.8. The Morgan fingerprint density at radius 1 is 1.06 bits per heavy atom. The Labute approximate surface area is 111 Å². The summed E-state index contributed by atoms with van der Waals surface area (Å²) in [4.78, 5) is 10.8. The fourth-order valence-corrected chi connectivity index (χ4v) is 4.59. The van der Waals surface area contributed by atoms with Crippen LogP contribution < -0.4 is 5.30 Å². The van der Waals surface area contributed by atoms with E-state index in [1.807, 2.05) is 12.1 Å². The molecule has 0 bridgehead atoms. The summed E-state index contributed by atoms with van der Waals surface area (Å²) in [5, 5.41) is 10.3. The molecule has 0 unspecified atom stereocenters. The second kappa shape index (κ2) is 8.26. The zero-order chi connectivity index (χ0) is 13.4. The SMILES string of the molecule is CCCCP(CCCC)c1ccc(C(=O)O)cc1. The number of carboxylic acid groups (broad SMARTS) is 1. The van der Waals surface area contributed by atoms with Gasteiger partial charge >= 0.3 is 5.97 Å². The van der Waals surface area contributed by atoms with Crippen LogP contribution in [0.5, 0.6) is 0 Å². The molecule has 18 heavy (non-hydrogen) atoms. The Hall–Kier alpha value is -0.880.